The molecular weight excluding hydrogens is 224 g/mol. The molecule has 0 saturated carbocycles. The Kier molecular flexibility index (Phi) is 3.18. The third-order valence-corrected chi connectivity index (χ3v) is 3.24. The molecule has 1 heterocycles. The second kappa shape index (κ2) is 3.88. The summed E-state index contributed by atoms with van der Waals surface area (Å²) < 4.78 is 11.2. The summed E-state index contributed by atoms with van der Waals surface area (Å²) in [4.78, 5) is 4.08. The van der Waals surface area contributed by atoms with E-state index in [0.29, 0.717) is 6.42 Å². The molecule has 1 aliphatic rings. The molecule has 80 valence electrons. The zero-order valence-electron chi connectivity index (χ0n) is 8.00. The van der Waals surface area contributed by atoms with E-state index in [1.807, 2.05) is 6.92 Å². The number of nitrogens with zero attached hydrogens (tertiary/aromatic N) is 1. The van der Waals surface area contributed by atoms with E-state index < -0.39 is 16.5 Å². The third-order valence-electron chi connectivity index (χ3n) is 1.97. The molecule has 0 saturated heterocycles. The number of hydrogen-bond donors (Lipinski definition) is 3. The summed E-state index contributed by atoms with van der Waals surface area (Å²) >= 11 is 5.91. The molecule has 7 heteroatoms. The van der Waals surface area contributed by atoms with Gasteiger partial charge in [0.15, 0.2) is 10.8 Å². The van der Waals surface area contributed by atoms with Crippen molar-refractivity contribution in [3.05, 3.63) is 10.9 Å². The zero-order valence-corrected chi connectivity index (χ0v) is 9.58. The number of rotatable bonds is 1. The van der Waals surface area contributed by atoms with Crippen molar-refractivity contribution in [1.29, 1.82) is 0 Å². The second-order valence-corrected chi connectivity index (χ2v) is 4.67. The SMILES string of the molecule is CCC1(N)N=C(S(C)=O)NC(N)=C1Cl. The van der Waals surface area contributed by atoms with E-state index in [4.69, 9.17) is 23.1 Å². The van der Waals surface area contributed by atoms with Gasteiger partial charge < -0.3 is 16.8 Å². The van der Waals surface area contributed by atoms with Gasteiger partial charge in [-0.25, -0.2) is 4.99 Å². The Morgan fingerprint density at radius 3 is 2.71 bits per heavy atom. The molecule has 0 aliphatic carbocycles. The fourth-order valence-corrected chi connectivity index (χ4v) is 1.80. The van der Waals surface area contributed by atoms with E-state index in [2.05, 4.69) is 10.3 Å². The molecule has 1 rings (SSSR count). The van der Waals surface area contributed by atoms with Crippen LogP contribution < -0.4 is 16.8 Å². The van der Waals surface area contributed by atoms with Crippen molar-refractivity contribution >= 4 is 27.6 Å². The van der Waals surface area contributed by atoms with Crippen molar-refractivity contribution in [3.63, 3.8) is 0 Å². The van der Waals surface area contributed by atoms with Crippen LogP contribution in [-0.4, -0.2) is 21.3 Å². The van der Waals surface area contributed by atoms with Gasteiger partial charge in [-0.2, -0.15) is 0 Å². The molecule has 0 amide bonds. The lowest BCUT2D eigenvalue weighted by atomic mass is 10.1. The number of halogens is 1. The Morgan fingerprint density at radius 2 is 2.29 bits per heavy atom. The maximum absolute atomic E-state index is 11.2. The van der Waals surface area contributed by atoms with Crippen molar-refractivity contribution in [2.24, 2.45) is 16.5 Å². The summed E-state index contributed by atoms with van der Waals surface area (Å²) in [7, 11) is -1.25. The first-order valence-corrected chi connectivity index (χ1v) is 5.99. The largest absolute Gasteiger partial charge is 0.384 e. The number of amidine groups is 1. The van der Waals surface area contributed by atoms with E-state index in [1.54, 1.807) is 0 Å². The summed E-state index contributed by atoms with van der Waals surface area (Å²) in [6.07, 6.45) is 1.99. The average molecular weight is 237 g/mol. The van der Waals surface area contributed by atoms with Crippen molar-refractivity contribution < 1.29 is 4.21 Å². The van der Waals surface area contributed by atoms with E-state index >= 15 is 0 Å². The first-order valence-electron chi connectivity index (χ1n) is 4.05. The third kappa shape index (κ3) is 1.92. The van der Waals surface area contributed by atoms with Gasteiger partial charge in [-0.15, -0.1) is 0 Å². The molecule has 0 radical (unpaired) electrons. The summed E-state index contributed by atoms with van der Waals surface area (Å²) in [5.41, 5.74) is 10.4. The van der Waals surface area contributed by atoms with E-state index in [1.165, 1.54) is 6.26 Å². The van der Waals surface area contributed by atoms with Crippen LogP contribution in [0.2, 0.25) is 0 Å². The van der Waals surface area contributed by atoms with E-state index in [-0.39, 0.29) is 16.0 Å². The van der Waals surface area contributed by atoms with E-state index in [9.17, 15) is 4.21 Å². The fourth-order valence-electron chi connectivity index (χ4n) is 1.03. The molecule has 2 unspecified atom stereocenters. The van der Waals surface area contributed by atoms with Crippen molar-refractivity contribution in [3.8, 4) is 0 Å². The topological polar surface area (TPSA) is 93.5 Å². The normalized spacial score (nSPS) is 29.6. The van der Waals surface area contributed by atoms with Gasteiger partial charge in [-0.05, 0) is 6.42 Å². The van der Waals surface area contributed by atoms with Crippen LogP contribution in [0.4, 0.5) is 0 Å². The summed E-state index contributed by atoms with van der Waals surface area (Å²) in [5, 5.41) is 3.17. The van der Waals surface area contributed by atoms with Gasteiger partial charge in [0.25, 0.3) is 0 Å². The number of hydrogen-bond acceptors (Lipinski definition) is 5. The minimum atomic E-state index is -1.25. The van der Waals surface area contributed by atoms with Gasteiger partial charge in [-0.3, -0.25) is 4.21 Å². The van der Waals surface area contributed by atoms with Crippen LogP contribution in [0.25, 0.3) is 0 Å². The maximum atomic E-state index is 11.2. The molecule has 0 aromatic carbocycles. The zero-order chi connectivity index (χ0) is 10.9. The lowest BCUT2D eigenvalue weighted by molar-refractivity contribution is 0.511. The fraction of sp³-hybridized carbons (Fsp3) is 0.571. The predicted molar refractivity (Wildman–Crippen MR) is 58.9 cm³/mol. The highest BCUT2D eigenvalue weighted by molar-refractivity contribution is 7.99. The maximum Gasteiger partial charge on any atom is 0.195 e. The molecule has 14 heavy (non-hydrogen) atoms. The van der Waals surface area contributed by atoms with Crippen molar-refractivity contribution in [2.45, 2.75) is 19.0 Å². The molecule has 0 aromatic heterocycles. The predicted octanol–water partition coefficient (Wildman–Crippen LogP) is -0.244. The van der Waals surface area contributed by atoms with Gasteiger partial charge in [0.05, 0.1) is 10.8 Å². The van der Waals surface area contributed by atoms with Crippen LogP contribution >= 0.6 is 11.6 Å². The molecule has 0 spiro atoms. The minimum absolute atomic E-state index is 0.219. The molecule has 0 aromatic rings. The summed E-state index contributed by atoms with van der Waals surface area (Å²) in [5.74, 6) is 0.219. The van der Waals surface area contributed by atoms with Crippen LogP contribution in [0.3, 0.4) is 0 Å². The van der Waals surface area contributed by atoms with Crippen molar-refractivity contribution in [2.75, 3.05) is 6.26 Å². The Balaban J connectivity index is 3.14. The monoisotopic (exact) mass is 236 g/mol. The van der Waals surface area contributed by atoms with Crippen molar-refractivity contribution in [1.82, 2.24) is 5.32 Å². The van der Waals surface area contributed by atoms with Gasteiger partial charge in [-0.1, -0.05) is 18.5 Å². The number of aliphatic imine (C=N–C) groups is 1. The van der Waals surface area contributed by atoms with Crippen LogP contribution in [0, 0.1) is 0 Å². The lowest BCUT2D eigenvalue weighted by Gasteiger charge is -2.29. The first-order chi connectivity index (χ1) is 6.40. The van der Waals surface area contributed by atoms with Crippen LogP contribution in [0.1, 0.15) is 13.3 Å². The molecule has 0 bridgehead atoms. The molecule has 0 fully saturated rings. The van der Waals surface area contributed by atoms with Gasteiger partial charge >= 0.3 is 0 Å². The Bertz CT molecular complexity index is 341. The number of nitrogens with two attached hydrogens (primary N) is 2. The summed E-state index contributed by atoms with van der Waals surface area (Å²) in [6, 6.07) is 0. The van der Waals surface area contributed by atoms with Gasteiger partial charge in [0, 0.05) is 6.26 Å². The molecule has 5 nitrogen and oxygen atoms in total. The first kappa shape index (κ1) is 11.5. The molecule has 2 atom stereocenters. The smallest absolute Gasteiger partial charge is 0.195 e. The van der Waals surface area contributed by atoms with Crippen LogP contribution in [0.15, 0.2) is 15.8 Å². The minimum Gasteiger partial charge on any atom is -0.384 e. The lowest BCUT2D eigenvalue weighted by Crippen LogP contribution is -2.48. The highest BCUT2D eigenvalue weighted by atomic mass is 35.5. The summed E-state index contributed by atoms with van der Waals surface area (Å²) in [6.45, 7) is 1.83. The number of nitrogens with one attached hydrogen (secondary N) is 1. The molecule has 5 N–H and O–H groups in total. The quantitative estimate of drug-likeness (QED) is 0.586. The highest BCUT2D eigenvalue weighted by Crippen LogP contribution is 2.27. The second-order valence-electron chi connectivity index (χ2n) is 3.00. The Labute approximate surface area is 90.0 Å². The van der Waals surface area contributed by atoms with Gasteiger partial charge in [0.2, 0.25) is 0 Å². The molecule has 1 aliphatic heterocycles. The van der Waals surface area contributed by atoms with Gasteiger partial charge in [0.1, 0.15) is 10.9 Å². The Morgan fingerprint density at radius 1 is 1.71 bits per heavy atom. The van der Waals surface area contributed by atoms with Crippen LogP contribution in [-0.2, 0) is 10.8 Å². The van der Waals surface area contributed by atoms with Crippen LogP contribution in [0.5, 0.6) is 0 Å². The average Bonchev–Trinajstić information content (AvgIpc) is 2.13. The highest BCUT2D eigenvalue weighted by Gasteiger charge is 2.33. The van der Waals surface area contributed by atoms with E-state index in [0.717, 1.165) is 0 Å². The molecular formula is C7H13ClN4OS. The standard InChI is InChI=1S/C7H13ClN4OS/c1-3-7(10)4(8)5(9)11-6(12-7)14(2)13/h3,9-10H2,1-2H3,(H,11,12). The Hall–Kier alpha value is -0.590.